The molecule has 0 bridgehead atoms. The Morgan fingerprint density at radius 2 is 2.22 bits per heavy atom. The fourth-order valence-electron chi connectivity index (χ4n) is 1.86. The minimum Gasteiger partial charge on any atom is -0.243 e. The Morgan fingerprint density at radius 1 is 1.50 bits per heavy atom. The number of nitrogens with zero attached hydrogens (tertiary/aromatic N) is 1. The van der Waals surface area contributed by atoms with Gasteiger partial charge in [-0.2, -0.15) is 11.8 Å². The first-order valence-corrected chi connectivity index (χ1v) is 8.72. The molecule has 18 heavy (non-hydrogen) atoms. The molecular weight excluding hydrogens is 292 g/mol. The van der Waals surface area contributed by atoms with Crippen molar-refractivity contribution in [1.82, 2.24) is 9.71 Å². The molecular formula is C11H15ClN2O2S2. The van der Waals surface area contributed by atoms with E-state index >= 15 is 0 Å². The van der Waals surface area contributed by atoms with E-state index < -0.39 is 10.0 Å². The van der Waals surface area contributed by atoms with E-state index in [4.69, 9.17) is 11.6 Å². The number of thioether (sulfide) groups is 1. The summed E-state index contributed by atoms with van der Waals surface area (Å²) in [4.78, 5) is 3.94. The molecule has 1 aromatic rings. The molecule has 0 amide bonds. The van der Waals surface area contributed by atoms with Crippen molar-refractivity contribution in [3.05, 3.63) is 23.5 Å². The van der Waals surface area contributed by atoms with Crippen LogP contribution in [0.4, 0.5) is 0 Å². The van der Waals surface area contributed by atoms with Crippen LogP contribution in [0, 0.1) is 0 Å². The quantitative estimate of drug-likeness (QED) is 0.848. The molecule has 100 valence electrons. The normalized spacial score (nSPS) is 18.3. The molecule has 1 N–H and O–H groups in total. The van der Waals surface area contributed by atoms with Crippen molar-refractivity contribution < 1.29 is 8.42 Å². The molecule has 1 heterocycles. The molecule has 1 aromatic heterocycles. The van der Waals surface area contributed by atoms with Crippen molar-refractivity contribution in [3.8, 4) is 0 Å². The summed E-state index contributed by atoms with van der Waals surface area (Å²) in [5, 5.41) is 0.286. The average molecular weight is 307 g/mol. The molecule has 1 aliphatic carbocycles. The van der Waals surface area contributed by atoms with Gasteiger partial charge in [-0.15, -0.1) is 0 Å². The van der Waals surface area contributed by atoms with E-state index in [0.717, 1.165) is 12.8 Å². The predicted molar refractivity (Wildman–Crippen MR) is 74.5 cm³/mol. The highest BCUT2D eigenvalue weighted by molar-refractivity contribution is 8.00. The van der Waals surface area contributed by atoms with Gasteiger partial charge in [-0.05, 0) is 31.2 Å². The standard InChI is InChI=1S/C11H15ClN2O2S2/c1-17-11(5-2-6-11)8-14-18(15,16)9-3-4-10(12)13-7-9/h3-4,7,14H,2,5-6,8H2,1H3. The molecule has 7 heteroatoms. The molecule has 4 nitrogen and oxygen atoms in total. The number of hydrogen-bond acceptors (Lipinski definition) is 4. The third kappa shape index (κ3) is 2.99. The summed E-state index contributed by atoms with van der Waals surface area (Å²) in [5.41, 5.74) is 0. The third-order valence-corrected chi connectivity index (χ3v) is 6.32. The van der Waals surface area contributed by atoms with Crippen molar-refractivity contribution in [2.75, 3.05) is 12.8 Å². The number of nitrogens with one attached hydrogen (secondary N) is 1. The van der Waals surface area contributed by atoms with Crippen LogP contribution in [0.25, 0.3) is 0 Å². The number of hydrogen-bond donors (Lipinski definition) is 1. The lowest BCUT2D eigenvalue weighted by molar-refractivity contribution is 0.362. The van der Waals surface area contributed by atoms with Gasteiger partial charge in [-0.1, -0.05) is 18.0 Å². The highest BCUT2D eigenvalue weighted by Crippen LogP contribution is 2.42. The smallest absolute Gasteiger partial charge is 0.242 e. The average Bonchev–Trinajstić information content (AvgIpc) is 2.29. The molecule has 1 aliphatic rings. The second-order valence-electron chi connectivity index (χ2n) is 4.38. The van der Waals surface area contributed by atoms with Gasteiger partial charge in [-0.3, -0.25) is 0 Å². The van der Waals surface area contributed by atoms with E-state index in [1.807, 2.05) is 6.26 Å². The SMILES string of the molecule is CSC1(CNS(=O)(=O)c2ccc(Cl)nc2)CCC1. The highest BCUT2D eigenvalue weighted by Gasteiger charge is 2.37. The van der Waals surface area contributed by atoms with Gasteiger partial charge in [0.05, 0.1) is 0 Å². The zero-order valence-corrected chi connectivity index (χ0v) is 12.4. The summed E-state index contributed by atoms with van der Waals surface area (Å²) < 4.78 is 26.8. The molecule has 1 saturated carbocycles. The molecule has 0 spiro atoms. The topological polar surface area (TPSA) is 59.1 Å². The van der Waals surface area contributed by atoms with Gasteiger partial charge in [0.25, 0.3) is 0 Å². The minimum atomic E-state index is -3.48. The van der Waals surface area contributed by atoms with E-state index in [1.54, 1.807) is 11.8 Å². The molecule has 0 radical (unpaired) electrons. The number of sulfonamides is 1. The predicted octanol–water partition coefficient (Wildman–Crippen LogP) is 2.30. The zero-order valence-electron chi connectivity index (χ0n) is 10.0. The van der Waals surface area contributed by atoms with Crippen LogP contribution >= 0.6 is 23.4 Å². The molecule has 0 aromatic carbocycles. The van der Waals surface area contributed by atoms with Gasteiger partial charge in [0, 0.05) is 17.5 Å². The van der Waals surface area contributed by atoms with Crippen LogP contribution in [0.15, 0.2) is 23.2 Å². The Balaban J connectivity index is 2.05. The van der Waals surface area contributed by atoms with E-state index in [1.165, 1.54) is 24.8 Å². The van der Waals surface area contributed by atoms with Crippen LogP contribution in [0.5, 0.6) is 0 Å². The summed E-state index contributed by atoms with van der Waals surface area (Å²) in [6, 6.07) is 2.94. The van der Waals surface area contributed by atoms with E-state index in [2.05, 4.69) is 9.71 Å². The van der Waals surface area contributed by atoms with Crippen LogP contribution in [0.2, 0.25) is 5.15 Å². The molecule has 2 rings (SSSR count). The lowest BCUT2D eigenvalue weighted by Gasteiger charge is -2.40. The van der Waals surface area contributed by atoms with Crippen LogP contribution in [0.3, 0.4) is 0 Å². The van der Waals surface area contributed by atoms with Crippen molar-refractivity contribution in [2.45, 2.75) is 28.9 Å². The lowest BCUT2D eigenvalue weighted by Crippen LogP contribution is -2.45. The summed E-state index contributed by atoms with van der Waals surface area (Å²) in [7, 11) is -3.48. The molecule has 0 saturated heterocycles. The van der Waals surface area contributed by atoms with Gasteiger partial charge < -0.3 is 0 Å². The van der Waals surface area contributed by atoms with Crippen molar-refractivity contribution in [1.29, 1.82) is 0 Å². The van der Waals surface area contributed by atoms with Crippen LogP contribution in [-0.4, -0.2) is 30.9 Å². The Kier molecular flexibility index (Phi) is 4.21. The second-order valence-corrected chi connectivity index (χ2v) is 7.81. The number of rotatable bonds is 5. The molecule has 0 aliphatic heterocycles. The maximum Gasteiger partial charge on any atom is 0.242 e. The Hall–Kier alpha value is -0.300. The number of aromatic nitrogens is 1. The van der Waals surface area contributed by atoms with Crippen molar-refractivity contribution >= 4 is 33.4 Å². The van der Waals surface area contributed by atoms with Gasteiger partial charge in [0.1, 0.15) is 10.0 Å². The van der Waals surface area contributed by atoms with E-state index in [-0.39, 0.29) is 14.8 Å². The first kappa shape index (κ1) is 14.1. The van der Waals surface area contributed by atoms with Crippen molar-refractivity contribution in [3.63, 3.8) is 0 Å². The maximum atomic E-state index is 12.0. The fraction of sp³-hybridized carbons (Fsp3) is 0.545. The fourth-order valence-corrected chi connectivity index (χ4v) is 4.04. The van der Waals surface area contributed by atoms with E-state index in [9.17, 15) is 8.42 Å². The van der Waals surface area contributed by atoms with Gasteiger partial charge in [0.15, 0.2) is 0 Å². The highest BCUT2D eigenvalue weighted by atomic mass is 35.5. The lowest BCUT2D eigenvalue weighted by atomic mass is 9.84. The summed E-state index contributed by atoms with van der Waals surface area (Å²) >= 11 is 7.37. The molecule has 0 atom stereocenters. The third-order valence-electron chi connectivity index (χ3n) is 3.29. The summed E-state index contributed by atoms with van der Waals surface area (Å²) in [5.74, 6) is 0. The van der Waals surface area contributed by atoms with Crippen LogP contribution < -0.4 is 4.72 Å². The number of halogens is 1. The monoisotopic (exact) mass is 306 g/mol. The maximum absolute atomic E-state index is 12.0. The van der Waals surface area contributed by atoms with Crippen LogP contribution in [-0.2, 0) is 10.0 Å². The minimum absolute atomic E-state index is 0.0763. The zero-order chi connectivity index (χ0) is 13.2. The van der Waals surface area contributed by atoms with Gasteiger partial charge in [0.2, 0.25) is 10.0 Å². The van der Waals surface area contributed by atoms with Gasteiger partial charge in [-0.25, -0.2) is 18.1 Å². The molecule has 0 unspecified atom stereocenters. The van der Waals surface area contributed by atoms with Gasteiger partial charge >= 0.3 is 0 Å². The first-order valence-electron chi connectivity index (χ1n) is 5.64. The van der Waals surface area contributed by atoms with Crippen molar-refractivity contribution in [2.24, 2.45) is 0 Å². The number of pyridine rings is 1. The molecule has 1 fully saturated rings. The summed E-state index contributed by atoms with van der Waals surface area (Å²) in [6.07, 6.45) is 6.60. The second kappa shape index (κ2) is 5.36. The first-order chi connectivity index (χ1) is 8.47. The summed E-state index contributed by atoms with van der Waals surface area (Å²) in [6.45, 7) is 0.471. The Morgan fingerprint density at radius 3 is 2.67 bits per heavy atom. The Labute approximate surface area is 117 Å². The Bertz CT molecular complexity index is 507. The largest absolute Gasteiger partial charge is 0.243 e. The van der Waals surface area contributed by atoms with E-state index in [0.29, 0.717) is 6.54 Å². The van der Waals surface area contributed by atoms with Crippen LogP contribution in [0.1, 0.15) is 19.3 Å².